The van der Waals surface area contributed by atoms with Gasteiger partial charge in [-0.15, -0.1) is 11.3 Å². The molecule has 0 saturated carbocycles. The van der Waals surface area contributed by atoms with Gasteiger partial charge in [0.05, 0.1) is 5.69 Å². The summed E-state index contributed by atoms with van der Waals surface area (Å²) in [6.45, 7) is 4.62. The van der Waals surface area contributed by atoms with Crippen LogP contribution in [0.15, 0.2) is 35.7 Å². The number of hydrogen-bond donors (Lipinski definition) is 2. The predicted octanol–water partition coefficient (Wildman–Crippen LogP) is 2.92. The van der Waals surface area contributed by atoms with Crippen LogP contribution in [-0.2, 0) is 17.9 Å². The monoisotopic (exact) mass is 320 g/mol. The van der Waals surface area contributed by atoms with Gasteiger partial charge in [0.25, 0.3) is 0 Å². The van der Waals surface area contributed by atoms with E-state index in [4.69, 9.17) is 9.84 Å². The summed E-state index contributed by atoms with van der Waals surface area (Å²) in [4.78, 5) is 15.6. The first kappa shape index (κ1) is 16.5. The number of carbonyl (C=O) groups is 1. The zero-order chi connectivity index (χ0) is 15.9. The fourth-order valence-corrected chi connectivity index (χ4v) is 2.69. The molecular weight excluding hydrogens is 300 g/mol. The van der Waals surface area contributed by atoms with Crippen LogP contribution in [0.3, 0.4) is 0 Å². The molecule has 0 unspecified atom stereocenters. The van der Waals surface area contributed by atoms with Gasteiger partial charge in [0.2, 0.25) is 0 Å². The molecular formula is C16H20N2O3S. The van der Waals surface area contributed by atoms with Gasteiger partial charge in [0.15, 0.2) is 0 Å². The molecule has 5 nitrogen and oxygen atoms in total. The Labute approximate surface area is 134 Å². The van der Waals surface area contributed by atoms with Crippen molar-refractivity contribution in [1.82, 2.24) is 10.3 Å². The van der Waals surface area contributed by atoms with Gasteiger partial charge in [-0.1, -0.05) is 32.0 Å². The molecule has 2 N–H and O–H groups in total. The van der Waals surface area contributed by atoms with Crippen LogP contribution in [0.1, 0.15) is 24.5 Å². The molecule has 0 bridgehead atoms. The van der Waals surface area contributed by atoms with Crippen molar-refractivity contribution in [2.24, 2.45) is 5.92 Å². The van der Waals surface area contributed by atoms with E-state index in [1.54, 1.807) is 0 Å². The van der Waals surface area contributed by atoms with Crippen molar-refractivity contribution in [2.75, 3.05) is 0 Å². The Bertz CT molecular complexity index is 598. The molecule has 22 heavy (non-hydrogen) atoms. The molecule has 118 valence electrons. The highest BCUT2D eigenvalue weighted by Gasteiger charge is 2.20. The third-order valence-electron chi connectivity index (χ3n) is 3.14. The topological polar surface area (TPSA) is 71.5 Å². The number of carboxylic acid groups (broad SMARTS) is 1. The lowest BCUT2D eigenvalue weighted by Gasteiger charge is -2.16. The van der Waals surface area contributed by atoms with E-state index < -0.39 is 12.0 Å². The van der Waals surface area contributed by atoms with E-state index >= 15 is 0 Å². The summed E-state index contributed by atoms with van der Waals surface area (Å²) in [5.41, 5.74) is 0.837. The maximum atomic E-state index is 11.1. The first-order chi connectivity index (χ1) is 10.6. The second-order valence-electron chi connectivity index (χ2n) is 5.28. The molecule has 0 aliphatic rings. The van der Waals surface area contributed by atoms with Gasteiger partial charge in [-0.25, -0.2) is 4.98 Å². The standard InChI is InChI=1S/C16H20N2O3S/c1-11(2)15(16(19)20)17-8-12-10-22-14(18-12)9-21-13-6-4-3-5-7-13/h3-7,10-11,15,17H,8-9H2,1-2H3,(H,19,20)/t15-/m1/s1. The van der Waals surface area contributed by atoms with Crippen LogP contribution < -0.4 is 10.1 Å². The molecule has 0 radical (unpaired) electrons. The Hall–Kier alpha value is -1.92. The van der Waals surface area contributed by atoms with Gasteiger partial charge >= 0.3 is 5.97 Å². The number of aliphatic carboxylic acids is 1. The normalized spacial score (nSPS) is 12.3. The highest BCUT2D eigenvalue weighted by molar-refractivity contribution is 7.09. The zero-order valence-electron chi connectivity index (χ0n) is 12.7. The van der Waals surface area contributed by atoms with Crippen LogP contribution >= 0.6 is 11.3 Å². The lowest BCUT2D eigenvalue weighted by molar-refractivity contribution is -0.140. The molecule has 2 aromatic rings. The van der Waals surface area contributed by atoms with Crippen molar-refractivity contribution in [2.45, 2.75) is 33.0 Å². The third kappa shape index (κ3) is 4.82. The number of thiazole rings is 1. The molecule has 0 aliphatic heterocycles. The van der Waals surface area contributed by atoms with Crippen LogP contribution in [0, 0.1) is 5.92 Å². The second kappa shape index (κ2) is 7.91. The Morgan fingerprint density at radius 2 is 2.09 bits per heavy atom. The minimum absolute atomic E-state index is 0.0250. The van der Waals surface area contributed by atoms with Crippen molar-refractivity contribution in [3.05, 3.63) is 46.4 Å². The first-order valence-corrected chi connectivity index (χ1v) is 8.01. The molecule has 0 fully saturated rings. The van der Waals surface area contributed by atoms with Gasteiger partial charge in [-0.3, -0.25) is 10.1 Å². The number of benzene rings is 1. The van der Waals surface area contributed by atoms with E-state index in [0.29, 0.717) is 13.2 Å². The molecule has 0 spiro atoms. The van der Waals surface area contributed by atoms with Crippen molar-refractivity contribution >= 4 is 17.3 Å². The lowest BCUT2D eigenvalue weighted by Crippen LogP contribution is -2.40. The summed E-state index contributed by atoms with van der Waals surface area (Å²) in [7, 11) is 0. The van der Waals surface area contributed by atoms with E-state index in [1.807, 2.05) is 49.6 Å². The van der Waals surface area contributed by atoms with Crippen LogP contribution in [0.4, 0.5) is 0 Å². The Morgan fingerprint density at radius 1 is 1.36 bits per heavy atom. The average molecular weight is 320 g/mol. The van der Waals surface area contributed by atoms with E-state index in [9.17, 15) is 4.79 Å². The molecule has 2 rings (SSSR count). The second-order valence-corrected chi connectivity index (χ2v) is 6.22. The number of carboxylic acids is 1. The molecule has 1 heterocycles. The number of ether oxygens (including phenoxy) is 1. The van der Waals surface area contributed by atoms with E-state index in [-0.39, 0.29) is 5.92 Å². The minimum atomic E-state index is -0.835. The highest BCUT2D eigenvalue weighted by Crippen LogP contribution is 2.15. The maximum absolute atomic E-state index is 11.1. The zero-order valence-corrected chi connectivity index (χ0v) is 13.5. The van der Waals surface area contributed by atoms with Crippen molar-refractivity contribution in [1.29, 1.82) is 0 Å². The quantitative estimate of drug-likeness (QED) is 0.782. The number of nitrogens with zero attached hydrogens (tertiary/aromatic N) is 1. The largest absolute Gasteiger partial charge is 0.486 e. The average Bonchev–Trinajstić information content (AvgIpc) is 2.93. The Balaban J connectivity index is 1.85. The highest BCUT2D eigenvalue weighted by atomic mass is 32.1. The number of aromatic nitrogens is 1. The minimum Gasteiger partial charge on any atom is -0.486 e. The van der Waals surface area contributed by atoms with Crippen molar-refractivity contribution < 1.29 is 14.6 Å². The number of nitrogens with one attached hydrogen (secondary N) is 1. The van der Waals surface area contributed by atoms with Crippen molar-refractivity contribution in [3.63, 3.8) is 0 Å². The molecule has 1 atom stereocenters. The molecule has 0 saturated heterocycles. The molecule has 6 heteroatoms. The van der Waals surface area contributed by atoms with Crippen LogP contribution in [0.5, 0.6) is 5.75 Å². The van der Waals surface area contributed by atoms with E-state index in [1.165, 1.54) is 11.3 Å². The van der Waals surface area contributed by atoms with Gasteiger partial charge in [0, 0.05) is 11.9 Å². The third-order valence-corrected chi connectivity index (χ3v) is 4.01. The number of para-hydroxylation sites is 1. The number of hydrogen-bond acceptors (Lipinski definition) is 5. The van der Waals surface area contributed by atoms with Crippen LogP contribution in [0.25, 0.3) is 0 Å². The number of rotatable bonds is 8. The molecule has 1 aromatic heterocycles. The lowest BCUT2D eigenvalue weighted by atomic mass is 10.1. The van der Waals surface area contributed by atoms with Gasteiger partial charge in [0.1, 0.15) is 23.4 Å². The van der Waals surface area contributed by atoms with Crippen molar-refractivity contribution in [3.8, 4) is 5.75 Å². The maximum Gasteiger partial charge on any atom is 0.320 e. The van der Waals surface area contributed by atoms with Gasteiger partial charge in [-0.05, 0) is 18.1 Å². The van der Waals surface area contributed by atoms with Crippen LogP contribution in [0.2, 0.25) is 0 Å². The first-order valence-electron chi connectivity index (χ1n) is 7.13. The fourth-order valence-electron chi connectivity index (χ4n) is 1.98. The predicted molar refractivity (Wildman–Crippen MR) is 86.0 cm³/mol. The summed E-state index contributed by atoms with van der Waals surface area (Å²) in [6.07, 6.45) is 0. The smallest absolute Gasteiger partial charge is 0.320 e. The van der Waals surface area contributed by atoms with Gasteiger partial charge < -0.3 is 9.84 Å². The summed E-state index contributed by atoms with van der Waals surface area (Å²) >= 11 is 1.51. The molecule has 1 aromatic carbocycles. The Kier molecular flexibility index (Phi) is 5.91. The van der Waals surface area contributed by atoms with Gasteiger partial charge in [-0.2, -0.15) is 0 Å². The fraction of sp³-hybridized carbons (Fsp3) is 0.375. The Morgan fingerprint density at radius 3 is 2.73 bits per heavy atom. The SMILES string of the molecule is CC(C)[C@@H](NCc1csc(COc2ccccc2)n1)C(=O)O. The summed E-state index contributed by atoms with van der Waals surface area (Å²) < 4.78 is 5.64. The van der Waals surface area contributed by atoms with E-state index in [0.717, 1.165) is 16.5 Å². The molecule has 0 aliphatic carbocycles. The summed E-state index contributed by atoms with van der Waals surface area (Å²) in [5.74, 6) is -0.00184. The summed E-state index contributed by atoms with van der Waals surface area (Å²) in [6, 6.07) is 9.01. The summed E-state index contributed by atoms with van der Waals surface area (Å²) in [5, 5.41) is 15.0. The van der Waals surface area contributed by atoms with E-state index in [2.05, 4.69) is 10.3 Å². The molecule has 0 amide bonds. The van der Waals surface area contributed by atoms with Crippen LogP contribution in [-0.4, -0.2) is 22.1 Å².